The second-order valence-electron chi connectivity index (χ2n) is 6.68. The number of aldehydes is 1. The lowest BCUT2D eigenvalue weighted by atomic mass is 9.97. The average Bonchev–Trinajstić information content (AvgIpc) is 2.67. The summed E-state index contributed by atoms with van der Waals surface area (Å²) >= 11 is 0. The van der Waals surface area contributed by atoms with Gasteiger partial charge in [-0.25, -0.2) is 0 Å². The largest absolute Gasteiger partial charge is 0.394 e. The Hall–Kier alpha value is -1.71. The number of hydrogen-bond acceptors (Lipinski definition) is 11. The molecular formula is C16H28N2O11. The molecule has 0 radical (unpaired) electrons. The van der Waals surface area contributed by atoms with Crippen LogP contribution in [0.3, 0.4) is 0 Å². The van der Waals surface area contributed by atoms with E-state index in [0.717, 1.165) is 13.8 Å². The number of aliphatic hydroxyl groups is 6. The van der Waals surface area contributed by atoms with Gasteiger partial charge in [0, 0.05) is 13.8 Å². The van der Waals surface area contributed by atoms with Gasteiger partial charge in [-0.2, -0.15) is 0 Å². The van der Waals surface area contributed by atoms with E-state index in [4.69, 9.17) is 9.47 Å². The van der Waals surface area contributed by atoms with E-state index in [1.807, 2.05) is 0 Å². The van der Waals surface area contributed by atoms with E-state index in [9.17, 15) is 45.0 Å². The molecule has 0 aromatic rings. The minimum absolute atomic E-state index is 0.184. The molecule has 2 amide bonds. The second-order valence-corrected chi connectivity index (χ2v) is 6.68. The number of ether oxygens (including phenoxy) is 2. The Morgan fingerprint density at radius 1 is 1.10 bits per heavy atom. The van der Waals surface area contributed by atoms with E-state index >= 15 is 0 Å². The summed E-state index contributed by atoms with van der Waals surface area (Å²) in [4.78, 5) is 33.3. The summed E-state index contributed by atoms with van der Waals surface area (Å²) < 4.78 is 10.5. The van der Waals surface area contributed by atoms with Gasteiger partial charge in [-0.05, 0) is 0 Å². The third-order valence-electron chi connectivity index (χ3n) is 4.31. The first-order chi connectivity index (χ1) is 13.5. The molecule has 1 fully saturated rings. The van der Waals surface area contributed by atoms with Gasteiger partial charge in [-0.15, -0.1) is 0 Å². The molecule has 13 heteroatoms. The van der Waals surface area contributed by atoms with Crippen LogP contribution in [0.1, 0.15) is 13.8 Å². The molecule has 0 spiro atoms. The molecule has 168 valence electrons. The molecule has 8 N–H and O–H groups in total. The predicted molar refractivity (Wildman–Crippen MR) is 93.0 cm³/mol. The number of hydrogen-bond donors (Lipinski definition) is 8. The Bertz CT molecular complexity index is 563. The topological polar surface area (TPSA) is 215 Å². The molecule has 0 unspecified atom stereocenters. The van der Waals surface area contributed by atoms with Gasteiger partial charge < -0.3 is 55.5 Å². The van der Waals surface area contributed by atoms with Crippen LogP contribution in [0.2, 0.25) is 0 Å². The summed E-state index contributed by atoms with van der Waals surface area (Å²) in [7, 11) is 0. The van der Waals surface area contributed by atoms with Crippen LogP contribution in [0.4, 0.5) is 0 Å². The van der Waals surface area contributed by atoms with E-state index in [-0.39, 0.29) is 6.29 Å². The third kappa shape index (κ3) is 6.94. The van der Waals surface area contributed by atoms with Crippen LogP contribution in [-0.4, -0.2) is 117 Å². The number of nitrogens with one attached hydrogen (secondary N) is 2. The summed E-state index contributed by atoms with van der Waals surface area (Å²) in [6.45, 7) is 0.873. The molecule has 0 bridgehead atoms. The molecule has 0 aromatic heterocycles. The molecular weight excluding hydrogens is 396 g/mol. The van der Waals surface area contributed by atoms with Crippen LogP contribution in [0.25, 0.3) is 0 Å². The molecule has 9 atom stereocenters. The van der Waals surface area contributed by atoms with Gasteiger partial charge in [0.1, 0.15) is 55.0 Å². The van der Waals surface area contributed by atoms with Crippen LogP contribution in [-0.2, 0) is 23.9 Å². The van der Waals surface area contributed by atoms with Crippen LogP contribution in [0.15, 0.2) is 0 Å². The van der Waals surface area contributed by atoms with Gasteiger partial charge in [0.25, 0.3) is 0 Å². The first-order valence-corrected chi connectivity index (χ1v) is 8.81. The summed E-state index contributed by atoms with van der Waals surface area (Å²) in [5.74, 6) is -1.23. The minimum atomic E-state index is -1.91. The van der Waals surface area contributed by atoms with Crippen molar-refractivity contribution in [2.75, 3.05) is 13.2 Å². The van der Waals surface area contributed by atoms with Gasteiger partial charge in [-0.1, -0.05) is 0 Å². The summed E-state index contributed by atoms with van der Waals surface area (Å²) in [6.07, 6.45) is -11.1. The Morgan fingerprint density at radius 3 is 2.21 bits per heavy atom. The Balaban J connectivity index is 2.79. The Kier molecular flexibility index (Phi) is 10.0. The van der Waals surface area contributed by atoms with Crippen LogP contribution in [0.5, 0.6) is 0 Å². The van der Waals surface area contributed by atoms with E-state index in [2.05, 4.69) is 10.6 Å². The highest BCUT2D eigenvalue weighted by Crippen LogP contribution is 2.22. The molecule has 29 heavy (non-hydrogen) atoms. The minimum Gasteiger partial charge on any atom is -0.394 e. The lowest BCUT2D eigenvalue weighted by Gasteiger charge is -2.42. The van der Waals surface area contributed by atoms with Gasteiger partial charge >= 0.3 is 0 Å². The van der Waals surface area contributed by atoms with Crippen molar-refractivity contribution < 1.29 is 54.5 Å². The maximum absolute atomic E-state index is 11.3. The van der Waals surface area contributed by atoms with E-state index < -0.39 is 80.0 Å². The van der Waals surface area contributed by atoms with E-state index in [0.29, 0.717) is 0 Å². The van der Waals surface area contributed by atoms with Crippen LogP contribution >= 0.6 is 0 Å². The Morgan fingerprint density at radius 2 is 1.72 bits per heavy atom. The zero-order valence-corrected chi connectivity index (χ0v) is 15.9. The SMILES string of the molecule is CC(=O)N[C@H]1[C@H](OC[C@@H](O)[C@@H](O)[C@H](O)[C@H](C=O)NC(C)=O)O[C@H](CO)[C@@H](O)[C@@H]1O. The lowest BCUT2D eigenvalue weighted by molar-refractivity contribution is -0.277. The average molecular weight is 424 g/mol. The fraction of sp³-hybridized carbons (Fsp3) is 0.812. The quantitative estimate of drug-likeness (QED) is 0.155. The maximum atomic E-state index is 11.3. The van der Waals surface area contributed by atoms with Crippen molar-refractivity contribution in [3.63, 3.8) is 0 Å². The summed E-state index contributed by atoms with van der Waals surface area (Å²) in [5.41, 5.74) is 0. The highest BCUT2D eigenvalue weighted by atomic mass is 16.7. The molecule has 1 aliphatic rings. The number of amides is 2. The molecule has 1 rings (SSSR count). The zero-order valence-electron chi connectivity index (χ0n) is 15.9. The molecule has 1 aliphatic heterocycles. The maximum Gasteiger partial charge on any atom is 0.217 e. The standard InChI is InChI=1S/C16H28N2O11/c1-6(21)17-8(3-19)12(24)13(25)9(23)5-28-16-11(18-7(2)22)15(27)14(26)10(4-20)29-16/h3,8-16,20,23-27H,4-5H2,1-2H3,(H,17,21)(H,18,22)/t8-,9+,10+,11+,12+,13+,14+,15+,16+/m0/s1. The molecule has 0 aromatic carbocycles. The van der Waals surface area contributed by atoms with Crippen molar-refractivity contribution in [1.82, 2.24) is 10.6 Å². The van der Waals surface area contributed by atoms with Crippen molar-refractivity contribution in [3.05, 3.63) is 0 Å². The van der Waals surface area contributed by atoms with Crippen LogP contribution in [0, 0.1) is 0 Å². The summed E-state index contributed by atoms with van der Waals surface area (Å²) in [6, 6.07) is -2.74. The lowest BCUT2D eigenvalue weighted by Crippen LogP contribution is -2.65. The normalized spacial score (nSPS) is 31.2. The van der Waals surface area contributed by atoms with Gasteiger partial charge in [-0.3, -0.25) is 9.59 Å². The van der Waals surface area contributed by atoms with Gasteiger partial charge in [0.05, 0.1) is 13.2 Å². The fourth-order valence-electron chi connectivity index (χ4n) is 2.78. The van der Waals surface area contributed by atoms with E-state index in [1.165, 1.54) is 0 Å². The third-order valence-corrected chi connectivity index (χ3v) is 4.31. The molecule has 13 nitrogen and oxygen atoms in total. The van der Waals surface area contributed by atoms with Crippen LogP contribution < -0.4 is 10.6 Å². The van der Waals surface area contributed by atoms with Crippen molar-refractivity contribution in [2.24, 2.45) is 0 Å². The van der Waals surface area contributed by atoms with Crippen molar-refractivity contribution >= 4 is 18.1 Å². The smallest absolute Gasteiger partial charge is 0.217 e. The first-order valence-electron chi connectivity index (χ1n) is 8.81. The van der Waals surface area contributed by atoms with Crippen molar-refractivity contribution in [1.29, 1.82) is 0 Å². The predicted octanol–water partition coefficient (Wildman–Crippen LogP) is -5.27. The van der Waals surface area contributed by atoms with E-state index in [1.54, 1.807) is 0 Å². The van der Waals surface area contributed by atoms with Gasteiger partial charge in [0.2, 0.25) is 11.8 Å². The number of rotatable bonds is 10. The first kappa shape index (κ1) is 25.3. The number of carbonyl (C=O) groups excluding carboxylic acids is 3. The number of carbonyl (C=O) groups is 3. The number of aliphatic hydroxyl groups excluding tert-OH is 6. The molecule has 0 saturated carbocycles. The molecule has 1 heterocycles. The fourth-order valence-corrected chi connectivity index (χ4v) is 2.78. The highest BCUT2D eigenvalue weighted by molar-refractivity contribution is 5.77. The highest BCUT2D eigenvalue weighted by Gasteiger charge is 2.45. The molecule has 0 aliphatic carbocycles. The summed E-state index contributed by atoms with van der Waals surface area (Å²) in [5, 5.41) is 63.7. The van der Waals surface area contributed by atoms with Crippen molar-refractivity contribution in [2.45, 2.75) is 68.8 Å². The Labute approximate surface area is 166 Å². The molecule has 1 saturated heterocycles. The monoisotopic (exact) mass is 424 g/mol. The van der Waals surface area contributed by atoms with Crippen molar-refractivity contribution in [3.8, 4) is 0 Å². The second kappa shape index (κ2) is 11.5. The zero-order chi connectivity index (χ0) is 22.3. The van der Waals surface area contributed by atoms with Gasteiger partial charge in [0.15, 0.2) is 6.29 Å².